The fraction of sp³-hybridized carbons (Fsp3) is 0.158. The van der Waals surface area contributed by atoms with Crippen molar-refractivity contribution in [3.05, 3.63) is 57.1 Å². The minimum Gasteiger partial charge on any atom is -0.480 e. The summed E-state index contributed by atoms with van der Waals surface area (Å²) in [5.41, 5.74) is 1.11. The van der Waals surface area contributed by atoms with E-state index in [1.165, 1.54) is 28.3 Å². The van der Waals surface area contributed by atoms with Crippen molar-refractivity contribution in [3.63, 3.8) is 0 Å². The number of fused-ring (bicyclic) bond motifs is 1. The van der Waals surface area contributed by atoms with E-state index in [9.17, 15) is 19.8 Å². The van der Waals surface area contributed by atoms with Crippen molar-refractivity contribution in [2.24, 2.45) is 0 Å². The van der Waals surface area contributed by atoms with Crippen molar-refractivity contribution < 1.29 is 19.8 Å². The largest absolute Gasteiger partial charge is 0.480 e. The molecule has 0 saturated carbocycles. The Bertz CT molecular complexity index is 973. The van der Waals surface area contributed by atoms with E-state index in [1.807, 2.05) is 30.4 Å². The van der Waals surface area contributed by atoms with E-state index in [1.54, 1.807) is 17.4 Å². The molecule has 2 heterocycles. The Morgan fingerprint density at radius 3 is 2.65 bits per heavy atom. The Morgan fingerprint density at radius 2 is 1.92 bits per heavy atom. The maximum atomic E-state index is 11.3. The summed E-state index contributed by atoms with van der Waals surface area (Å²) >= 11 is 2.97. The van der Waals surface area contributed by atoms with Crippen LogP contribution >= 0.6 is 22.7 Å². The molecule has 2 atom stereocenters. The normalized spacial score (nSPS) is 13.8. The number of carbonyl (C=O) groups is 2. The first-order chi connectivity index (χ1) is 12.5. The molecular weight excluding hydrogens is 370 g/mol. The highest BCUT2D eigenvalue weighted by atomic mass is 32.1. The van der Waals surface area contributed by atoms with Crippen LogP contribution in [0.2, 0.25) is 0 Å². The van der Waals surface area contributed by atoms with Crippen LogP contribution in [0.5, 0.6) is 0 Å². The molecule has 3 N–H and O–H groups in total. The quantitative estimate of drug-likeness (QED) is 0.601. The van der Waals surface area contributed by atoms with E-state index in [2.05, 4.69) is 22.8 Å². The number of aliphatic hydroxyl groups is 1. The Kier molecular flexibility index (Phi) is 5.51. The van der Waals surface area contributed by atoms with Crippen LogP contribution in [0, 0.1) is 0 Å². The standard InChI is InChI=1S/C19H17NO4S2/c1-11(21)20-17(19(23)24)18(22)16-9-8-13(26-16)7-6-12-10-25-15-5-3-2-4-14(12)15/h2-10,17-18,22H,1H3,(H,20,21)(H,23,24)/b7-6+. The number of aliphatic hydroxyl groups excluding tert-OH is 1. The number of hydrogen-bond acceptors (Lipinski definition) is 5. The van der Waals surface area contributed by atoms with Crippen LogP contribution in [0.4, 0.5) is 0 Å². The summed E-state index contributed by atoms with van der Waals surface area (Å²) in [5, 5.41) is 25.0. The number of hydrogen-bond donors (Lipinski definition) is 3. The second-order valence-corrected chi connectivity index (χ2v) is 7.78. The number of carbonyl (C=O) groups excluding carboxylic acids is 1. The highest BCUT2D eigenvalue weighted by molar-refractivity contribution is 7.17. The Balaban J connectivity index is 1.78. The van der Waals surface area contributed by atoms with Crippen LogP contribution in [0.15, 0.2) is 41.8 Å². The summed E-state index contributed by atoms with van der Waals surface area (Å²) in [6.07, 6.45) is 2.64. The monoisotopic (exact) mass is 387 g/mol. The van der Waals surface area contributed by atoms with Crippen molar-refractivity contribution >= 4 is 56.8 Å². The van der Waals surface area contributed by atoms with Gasteiger partial charge in [0.15, 0.2) is 6.04 Å². The van der Waals surface area contributed by atoms with Gasteiger partial charge in [-0.1, -0.05) is 24.3 Å². The van der Waals surface area contributed by atoms with Gasteiger partial charge >= 0.3 is 5.97 Å². The van der Waals surface area contributed by atoms with Gasteiger partial charge in [0.1, 0.15) is 6.10 Å². The number of rotatable bonds is 6. The SMILES string of the molecule is CC(=O)NC(C(=O)O)C(O)c1ccc(/C=C/c2csc3ccccc23)s1. The van der Waals surface area contributed by atoms with Gasteiger partial charge in [-0.15, -0.1) is 22.7 Å². The lowest BCUT2D eigenvalue weighted by atomic mass is 10.1. The van der Waals surface area contributed by atoms with Crippen molar-refractivity contribution in [3.8, 4) is 0 Å². The topological polar surface area (TPSA) is 86.6 Å². The summed E-state index contributed by atoms with van der Waals surface area (Å²) in [4.78, 5) is 23.8. The van der Waals surface area contributed by atoms with Gasteiger partial charge in [0.05, 0.1) is 0 Å². The molecule has 2 unspecified atom stereocenters. The van der Waals surface area contributed by atoms with Gasteiger partial charge in [0.25, 0.3) is 0 Å². The zero-order valence-electron chi connectivity index (χ0n) is 13.9. The molecule has 0 aliphatic rings. The minimum absolute atomic E-state index is 0.487. The molecule has 26 heavy (non-hydrogen) atoms. The molecule has 1 aromatic carbocycles. The number of nitrogens with one attached hydrogen (secondary N) is 1. The molecule has 0 saturated heterocycles. The van der Waals surface area contributed by atoms with E-state index in [-0.39, 0.29) is 0 Å². The molecule has 0 bridgehead atoms. The number of benzene rings is 1. The van der Waals surface area contributed by atoms with Gasteiger partial charge in [-0.05, 0) is 40.6 Å². The molecule has 1 amide bonds. The molecule has 0 fully saturated rings. The predicted molar refractivity (Wildman–Crippen MR) is 105 cm³/mol. The van der Waals surface area contributed by atoms with E-state index >= 15 is 0 Å². The van der Waals surface area contributed by atoms with Crippen LogP contribution < -0.4 is 5.32 Å². The molecule has 0 aliphatic carbocycles. The summed E-state index contributed by atoms with van der Waals surface area (Å²) in [5.74, 6) is -1.78. The molecule has 3 aromatic rings. The molecule has 134 valence electrons. The summed E-state index contributed by atoms with van der Waals surface area (Å²) in [7, 11) is 0. The van der Waals surface area contributed by atoms with Gasteiger partial charge < -0.3 is 15.5 Å². The second-order valence-electron chi connectivity index (χ2n) is 5.72. The maximum absolute atomic E-state index is 11.3. The molecule has 0 radical (unpaired) electrons. The Hall–Kier alpha value is -2.48. The summed E-state index contributed by atoms with van der Waals surface area (Å²) < 4.78 is 1.22. The Morgan fingerprint density at radius 1 is 1.15 bits per heavy atom. The molecular formula is C19H17NO4S2. The van der Waals surface area contributed by atoms with Gasteiger partial charge in [0, 0.05) is 21.4 Å². The zero-order chi connectivity index (χ0) is 18.7. The highest BCUT2D eigenvalue weighted by Gasteiger charge is 2.29. The number of carboxylic acid groups (broad SMARTS) is 1. The third kappa shape index (κ3) is 4.01. The Labute approximate surface area is 158 Å². The number of aliphatic carboxylic acids is 1. The minimum atomic E-state index is -1.37. The van der Waals surface area contributed by atoms with Gasteiger partial charge in [-0.2, -0.15) is 0 Å². The second kappa shape index (κ2) is 7.82. The first-order valence-electron chi connectivity index (χ1n) is 7.87. The molecule has 0 spiro atoms. The van der Waals surface area contributed by atoms with E-state index in [0.717, 1.165) is 10.4 Å². The van der Waals surface area contributed by atoms with Crippen molar-refractivity contribution in [2.75, 3.05) is 0 Å². The van der Waals surface area contributed by atoms with Crippen molar-refractivity contribution in [1.29, 1.82) is 0 Å². The molecule has 3 rings (SSSR count). The first kappa shape index (κ1) is 18.3. The molecule has 7 heteroatoms. The average Bonchev–Trinajstić information content (AvgIpc) is 3.24. The van der Waals surface area contributed by atoms with Crippen LogP contribution in [-0.2, 0) is 9.59 Å². The molecule has 0 aliphatic heterocycles. The zero-order valence-corrected chi connectivity index (χ0v) is 15.5. The van der Waals surface area contributed by atoms with Crippen LogP contribution in [0.1, 0.15) is 28.3 Å². The van der Waals surface area contributed by atoms with E-state index < -0.39 is 24.0 Å². The lowest BCUT2D eigenvalue weighted by molar-refractivity contribution is -0.144. The fourth-order valence-corrected chi connectivity index (χ4v) is 4.44. The number of amides is 1. The lowest BCUT2D eigenvalue weighted by Gasteiger charge is -2.18. The lowest BCUT2D eigenvalue weighted by Crippen LogP contribution is -2.43. The van der Waals surface area contributed by atoms with Crippen LogP contribution in [-0.4, -0.2) is 28.1 Å². The van der Waals surface area contributed by atoms with Crippen LogP contribution in [0.3, 0.4) is 0 Å². The van der Waals surface area contributed by atoms with E-state index in [0.29, 0.717) is 4.88 Å². The third-order valence-corrected chi connectivity index (χ3v) is 5.92. The third-order valence-electron chi connectivity index (χ3n) is 3.82. The van der Waals surface area contributed by atoms with E-state index in [4.69, 9.17) is 0 Å². The highest BCUT2D eigenvalue weighted by Crippen LogP contribution is 2.30. The summed E-state index contributed by atoms with van der Waals surface area (Å²) in [6, 6.07) is 10.3. The summed E-state index contributed by atoms with van der Waals surface area (Å²) in [6.45, 7) is 1.22. The number of thiophene rings is 2. The average molecular weight is 387 g/mol. The van der Waals surface area contributed by atoms with Crippen LogP contribution in [0.25, 0.3) is 22.2 Å². The predicted octanol–water partition coefficient (Wildman–Crippen LogP) is 3.76. The van der Waals surface area contributed by atoms with Crippen molar-refractivity contribution in [1.82, 2.24) is 5.32 Å². The van der Waals surface area contributed by atoms with Gasteiger partial charge in [-0.25, -0.2) is 4.79 Å². The maximum Gasteiger partial charge on any atom is 0.329 e. The van der Waals surface area contributed by atoms with Crippen molar-refractivity contribution in [2.45, 2.75) is 19.1 Å². The van der Waals surface area contributed by atoms with Gasteiger partial charge in [-0.3, -0.25) is 4.79 Å². The molecule has 2 aromatic heterocycles. The van der Waals surface area contributed by atoms with Gasteiger partial charge in [0.2, 0.25) is 5.91 Å². The smallest absolute Gasteiger partial charge is 0.329 e. The molecule has 5 nitrogen and oxygen atoms in total. The number of carboxylic acids is 1. The first-order valence-corrected chi connectivity index (χ1v) is 9.57. The fourth-order valence-electron chi connectivity index (χ4n) is 2.58.